The number of rotatable bonds is 5. The molecule has 2 aromatic rings. The van der Waals surface area contributed by atoms with Crippen LogP contribution in [0.25, 0.3) is 0 Å². The first-order chi connectivity index (χ1) is 12.5. The van der Waals surface area contributed by atoms with Crippen LogP contribution < -0.4 is 5.32 Å². The summed E-state index contributed by atoms with van der Waals surface area (Å²) in [6.45, 7) is 2.78. The fourth-order valence-electron chi connectivity index (χ4n) is 2.73. The Morgan fingerprint density at radius 3 is 2.38 bits per heavy atom. The summed E-state index contributed by atoms with van der Waals surface area (Å²) < 4.78 is 26.9. The average molecular weight is 374 g/mol. The summed E-state index contributed by atoms with van der Waals surface area (Å²) in [5.74, 6) is -0.264. The van der Waals surface area contributed by atoms with Crippen molar-refractivity contribution in [2.75, 3.05) is 33.2 Å². The van der Waals surface area contributed by atoms with Gasteiger partial charge in [0.2, 0.25) is 10.0 Å². The maximum Gasteiger partial charge on any atom is 0.270 e. The van der Waals surface area contributed by atoms with E-state index in [1.807, 2.05) is 7.05 Å². The van der Waals surface area contributed by atoms with Crippen LogP contribution in [0, 0.1) is 0 Å². The monoisotopic (exact) mass is 374 g/mol. The summed E-state index contributed by atoms with van der Waals surface area (Å²) in [7, 11) is -1.48. The number of carbonyl (C=O) groups is 1. The molecule has 1 aromatic carbocycles. The molecule has 0 atom stereocenters. The van der Waals surface area contributed by atoms with Gasteiger partial charge in [-0.25, -0.2) is 8.42 Å². The summed E-state index contributed by atoms with van der Waals surface area (Å²) in [4.78, 5) is 18.4. The molecule has 0 unspecified atom stereocenters. The van der Waals surface area contributed by atoms with Crippen LogP contribution in [0.3, 0.4) is 0 Å². The second-order valence-electron chi connectivity index (χ2n) is 6.25. The number of pyridine rings is 1. The van der Waals surface area contributed by atoms with Crippen LogP contribution in [0.15, 0.2) is 53.6 Å². The van der Waals surface area contributed by atoms with Gasteiger partial charge < -0.3 is 10.2 Å². The van der Waals surface area contributed by atoms with Gasteiger partial charge in [-0.2, -0.15) is 4.31 Å². The molecule has 0 saturated carbocycles. The number of carbonyl (C=O) groups excluding carboxylic acids is 1. The van der Waals surface area contributed by atoms with Gasteiger partial charge in [-0.1, -0.05) is 18.2 Å². The van der Waals surface area contributed by atoms with Crippen molar-refractivity contribution in [3.05, 3.63) is 59.9 Å². The van der Waals surface area contributed by atoms with Gasteiger partial charge >= 0.3 is 0 Å². The Morgan fingerprint density at radius 1 is 1.08 bits per heavy atom. The highest BCUT2D eigenvalue weighted by Crippen LogP contribution is 2.18. The maximum absolute atomic E-state index is 12.7. The standard InChI is InChI=1S/C18H22N4O3S/c1-21-10-12-22(13-11-21)26(24,25)16-7-5-15(6-8-16)14-20-18(23)17-4-2-3-9-19-17/h2-9H,10-14H2,1H3,(H,20,23). The third kappa shape index (κ3) is 4.27. The van der Waals surface area contributed by atoms with Crippen LogP contribution in [-0.4, -0.2) is 61.7 Å². The van der Waals surface area contributed by atoms with E-state index >= 15 is 0 Å². The number of nitrogens with zero attached hydrogens (tertiary/aromatic N) is 3. The first-order valence-corrected chi connectivity index (χ1v) is 9.88. The molecule has 0 aliphatic carbocycles. The summed E-state index contributed by atoms with van der Waals surface area (Å²) in [5.41, 5.74) is 1.17. The molecule has 1 fully saturated rings. The van der Waals surface area contributed by atoms with Crippen LogP contribution in [-0.2, 0) is 16.6 Å². The van der Waals surface area contributed by atoms with Gasteiger partial charge in [0.15, 0.2) is 0 Å². The Balaban J connectivity index is 1.62. The van der Waals surface area contributed by atoms with Crippen molar-refractivity contribution in [3.8, 4) is 0 Å². The van der Waals surface area contributed by atoms with E-state index in [-0.39, 0.29) is 10.8 Å². The van der Waals surface area contributed by atoms with Gasteiger partial charge in [-0.3, -0.25) is 9.78 Å². The minimum absolute atomic E-state index is 0.264. The molecule has 1 saturated heterocycles. The topological polar surface area (TPSA) is 82.6 Å². The highest BCUT2D eigenvalue weighted by molar-refractivity contribution is 7.89. The Hall–Kier alpha value is -2.29. The van der Waals surface area contributed by atoms with E-state index in [0.29, 0.717) is 25.3 Å². The van der Waals surface area contributed by atoms with Gasteiger partial charge in [-0.15, -0.1) is 0 Å². The molecule has 8 heteroatoms. The minimum atomic E-state index is -3.47. The lowest BCUT2D eigenvalue weighted by molar-refractivity contribution is 0.0946. The van der Waals surface area contributed by atoms with Crippen molar-refractivity contribution in [2.45, 2.75) is 11.4 Å². The fraction of sp³-hybridized carbons (Fsp3) is 0.333. The van der Waals surface area contributed by atoms with E-state index in [1.54, 1.807) is 48.7 Å². The van der Waals surface area contributed by atoms with Crippen molar-refractivity contribution < 1.29 is 13.2 Å². The summed E-state index contributed by atoms with van der Waals surface area (Å²) in [6.07, 6.45) is 1.56. The third-order valence-electron chi connectivity index (χ3n) is 4.37. The number of hydrogen-bond acceptors (Lipinski definition) is 5. The molecule has 26 heavy (non-hydrogen) atoms. The van der Waals surface area contributed by atoms with Crippen LogP contribution in [0.2, 0.25) is 0 Å². The number of piperazine rings is 1. The molecule has 2 heterocycles. The zero-order valence-corrected chi connectivity index (χ0v) is 15.4. The Kier molecular flexibility index (Phi) is 5.65. The molecule has 1 aliphatic heterocycles. The molecular weight excluding hydrogens is 352 g/mol. The zero-order chi connectivity index (χ0) is 18.6. The van der Waals surface area contributed by atoms with E-state index in [4.69, 9.17) is 0 Å². The minimum Gasteiger partial charge on any atom is -0.347 e. The lowest BCUT2D eigenvalue weighted by atomic mass is 10.2. The third-order valence-corrected chi connectivity index (χ3v) is 6.29. The summed E-state index contributed by atoms with van der Waals surface area (Å²) >= 11 is 0. The van der Waals surface area contributed by atoms with Crippen molar-refractivity contribution in [3.63, 3.8) is 0 Å². The highest BCUT2D eigenvalue weighted by Gasteiger charge is 2.27. The normalized spacial score (nSPS) is 16.3. The lowest BCUT2D eigenvalue weighted by Gasteiger charge is -2.31. The molecule has 0 bridgehead atoms. The number of benzene rings is 1. The number of sulfonamides is 1. The fourth-order valence-corrected chi connectivity index (χ4v) is 4.15. The zero-order valence-electron chi connectivity index (χ0n) is 14.6. The molecule has 1 amide bonds. The second-order valence-corrected chi connectivity index (χ2v) is 8.19. The molecule has 1 N–H and O–H groups in total. The smallest absolute Gasteiger partial charge is 0.270 e. The number of aromatic nitrogens is 1. The van der Waals surface area contributed by atoms with Gasteiger partial charge in [-0.05, 0) is 36.9 Å². The van der Waals surface area contributed by atoms with Crippen molar-refractivity contribution >= 4 is 15.9 Å². The van der Waals surface area contributed by atoms with Crippen LogP contribution in [0.1, 0.15) is 16.1 Å². The predicted molar refractivity (Wildman–Crippen MR) is 98.1 cm³/mol. The van der Waals surface area contributed by atoms with Crippen LogP contribution >= 0.6 is 0 Å². The molecule has 0 radical (unpaired) electrons. The average Bonchev–Trinajstić information content (AvgIpc) is 2.67. The van der Waals surface area contributed by atoms with E-state index in [2.05, 4.69) is 15.2 Å². The maximum atomic E-state index is 12.7. The van der Waals surface area contributed by atoms with Gasteiger partial charge in [0.25, 0.3) is 5.91 Å². The molecule has 3 rings (SSSR count). The Morgan fingerprint density at radius 2 is 1.77 bits per heavy atom. The van der Waals surface area contributed by atoms with Gasteiger partial charge in [0.05, 0.1) is 4.90 Å². The molecule has 1 aliphatic rings. The van der Waals surface area contributed by atoms with Crippen molar-refractivity contribution in [1.29, 1.82) is 0 Å². The number of hydrogen-bond donors (Lipinski definition) is 1. The quantitative estimate of drug-likeness (QED) is 0.843. The van der Waals surface area contributed by atoms with Crippen LogP contribution in [0.5, 0.6) is 0 Å². The summed E-state index contributed by atoms with van der Waals surface area (Å²) in [5, 5.41) is 2.77. The van der Waals surface area contributed by atoms with E-state index in [1.165, 1.54) is 4.31 Å². The van der Waals surface area contributed by atoms with Crippen LogP contribution in [0.4, 0.5) is 0 Å². The second kappa shape index (κ2) is 7.94. The molecule has 138 valence electrons. The van der Waals surface area contributed by atoms with Gasteiger partial charge in [0.1, 0.15) is 5.69 Å². The summed E-state index contributed by atoms with van der Waals surface area (Å²) in [6, 6.07) is 11.8. The Labute approximate surface area is 153 Å². The molecule has 0 spiro atoms. The molecule has 1 aromatic heterocycles. The number of likely N-dealkylation sites (N-methyl/N-ethyl adjacent to an activating group) is 1. The van der Waals surface area contributed by atoms with Crippen molar-refractivity contribution in [1.82, 2.24) is 19.5 Å². The van der Waals surface area contributed by atoms with Gasteiger partial charge in [0, 0.05) is 38.9 Å². The lowest BCUT2D eigenvalue weighted by Crippen LogP contribution is -2.47. The number of amides is 1. The molecular formula is C18H22N4O3S. The largest absolute Gasteiger partial charge is 0.347 e. The first kappa shape index (κ1) is 18.5. The molecule has 7 nitrogen and oxygen atoms in total. The Bertz CT molecular complexity index is 846. The van der Waals surface area contributed by atoms with E-state index in [9.17, 15) is 13.2 Å². The predicted octanol–water partition coefficient (Wildman–Crippen LogP) is 0.948. The van der Waals surface area contributed by atoms with E-state index < -0.39 is 10.0 Å². The first-order valence-electron chi connectivity index (χ1n) is 8.44. The number of nitrogens with one attached hydrogen (secondary N) is 1. The SMILES string of the molecule is CN1CCN(S(=O)(=O)c2ccc(CNC(=O)c3ccccn3)cc2)CC1. The van der Waals surface area contributed by atoms with Crippen molar-refractivity contribution in [2.24, 2.45) is 0 Å². The van der Waals surface area contributed by atoms with E-state index in [0.717, 1.165) is 18.7 Å². The highest BCUT2D eigenvalue weighted by atomic mass is 32.2.